The summed E-state index contributed by atoms with van der Waals surface area (Å²) in [5, 5.41) is 1.11. The van der Waals surface area contributed by atoms with Crippen LogP contribution in [0, 0.1) is 0 Å². The number of hydrogen-bond donors (Lipinski definition) is 0. The van der Waals surface area contributed by atoms with Crippen molar-refractivity contribution in [3.63, 3.8) is 0 Å². The number of aromatic nitrogens is 1. The van der Waals surface area contributed by atoms with Crippen LogP contribution in [0.3, 0.4) is 0 Å². The predicted molar refractivity (Wildman–Crippen MR) is 87.7 cm³/mol. The minimum absolute atomic E-state index is 0. The number of nitrogens with zero attached hydrogens (tertiary/aromatic N) is 1. The van der Waals surface area contributed by atoms with Gasteiger partial charge in [-0.1, -0.05) is 0 Å². The zero-order valence-electron chi connectivity index (χ0n) is 12.1. The van der Waals surface area contributed by atoms with E-state index in [-0.39, 0.29) is 24.8 Å². The molecule has 1 aliphatic rings. The van der Waals surface area contributed by atoms with Crippen molar-refractivity contribution in [3.8, 4) is 0 Å². The number of pyridine rings is 1. The molecule has 0 atom stereocenters. The molecule has 110 valence electrons. The molecule has 19 heavy (non-hydrogen) atoms. The second kappa shape index (κ2) is 5.26. The molecule has 0 N–H and O–H groups in total. The molecule has 0 unspecified atom stereocenters. The first kappa shape index (κ1) is 18.7. The Hall–Kier alpha value is -0.258. The molecule has 1 heterocycles. The Bertz CT molecular complexity index is 497. The first-order chi connectivity index (χ1) is 7.70. The maximum atomic E-state index is 4.52. The van der Waals surface area contributed by atoms with Crippen LogP contribution in [0.1, 0.15) is 12.1 Å². The third kappa shape index (κ3) is 4.36. The van der Waals surface area contributed by atoms with Crippen LogP contribution in [0.4, 0.5) is 0 Å². The summed E-state index contributed by atoms with van der Waals surface area (Å²) in [6, 6.07) is 6.23. The van der Waals surface area contributed by atoms with E-state index in [4.69, 9.17) is 0 Å². The van der Waals surface area contributed by atoms with Gasteiger partial charge in [-0.2, -0.15) is 0 Å². The van der Waals surface area contributed by atoms with Crippen LogP contribution in [-0.4, -0.2) is 4.98 Å². The molecule has 1 aromatic rings. The van der Waals surface area contributed by atoms with Gasteiger partial charge in [0.15, 0.2) is 0 Å². The van der Waals surface area contributed by atoms with E-state index in [9.17, 15) is 0 Å². The molecule has 0 saturated heterocycles. The van der Waals surface area contributed by atoms with E-state index in [2.05, 4.69) is 58.5 Å². The van der Waals surface area contributed by atoms with Crippen LogP contribution in [0.5, 0.6) is 0 Å². The fraction of sp³-hybridized carbons (Fsp3) is 0.400. The third-order valence-electron chi connectivity index (χ3n) is 3.49. The molecule has 0 bridgehead atoms. The quantitative estimate of drug-likeness (QED) is 0.688. The van der Waals surface area contributed by atoms with E-state index in [0.29, 0.717) is 0 Å². The Morgan fingerprint density at radius 3 is 2.26 bits per heavy atom. The van der Waals surface area contributed by atoms with Crippen molar-refractivity contribution in [2.24, 2.45) is 0 Å². The average Bonchev–Trinajstić information content (AvgIpc) is 2.70. The molecular weight excluding hydrogens is 317 g/mol. The Kier molecular flexibility index (Phi) is 5.19. The van der Waals surface area contributed by atoms with Crippen LogP contribution in [0.15, 0.2) is 47.1 Å². The summed E-state index contributed by atoms with van der Waals surface area (Å²) >= 11 is 0. The van der Waals surface area contributed by atoms with Crippen LogP contribution >= 0.6 is 24.8 Å². The first-order valence-electron chi connectivity index (χ1n) is 5.97. The van der Waals surface area contributed by atoms with Crippen LogP contribution in [-0.2, 0) is 16.2 Å². The third-order valence-corrected chi connectivity index (χ3v) is 10.3. The monoisotopic (exact) mass is 341 g/mol. The summed E-state index contributed by atoms with van der Waals surface area (Å²) in [6.07, 6.45) is 9.83. The predicted octanol–water partition coefficient (Wildman–Crippen LogP) is 5.69. The van der Waals surface area contributed by atoms with Crippen molar-refractivity contribution in [2.45, 2.75) is 34.8 Å². The van der Waals surface area contributed by atoms with Crippen LogP contribution in [0.2, 0.25) is 23.1 Å². The van der Waals surface area contributed by atoms with Crippen molar-refractivity contribution >= 4 is 24.8 Å². The van der Waals surface area contributed by atoms with Gasteiger partial charge >= 0.3 is 104 Å². The summed E-state index contributed by atoms with van der Waals surface area (Å²) in [7, 11) is -2.81. The molecule has 0 aromatic carbocycles. The molecule has 0 radical (unpaired) electrons. The fourth-order valence-corrected chi connectivity index (χ4v) is 7.51. The molecule has 0 spiro atoms. The van der Waals surface area contributed by atoms with E-state index in [1.807, 2.05) is 12.3 Å². The molecule has 0 fully saturated rings. The van der Waals surface area contributed by atoms with Crippen LogP contribution < -0.4 is 0 Å². The van der Waals surface area contributed by atoms with Gasteiger partial charge < -0.3 is 0 Å². The van der Waals surface area contributed by atoms with Crippen molar-refractivity contribution in [1.82, 2.24) is 4.98 Å². The molecule has 0 saturated carbocycles. The standard InChI is InChI=1S/C6H6N.C5H5.4CH3.2ClH.Cr/c1-6-4-2-3-5-7-6;1-2-4-5-3-1;;;;;;;/h2-5H,1H2;1-3H,4H2;4*1H3;2*1H;. The van der Waals surface area contributed by atoms with E-state index in [0.717, 1.165) is 11.7 Å². The van der Waals surface area contributed by atoms with Gasteiger partial charge in [0.25, 0.3) is 0 Å². The Morgan fingerprint density at radius 1 is 1.11 bits per heavy atom. The van der Waals surface area contributed by atoms with Gasteiger partial charge in [-0.15, -0.1) is 24.8 Å². The topological polar surface area (TPSA) is 12.9 Å². The molecule has 1 nitrogen and oxygen atoms in total. The zero-order chi connectivity index (χ0) is 12.6. The molecule has 4 heteroatoms. The second-order valence-corrected chi connectivity index (χ2v) is 22.8. The summed E-state index contributed by atoms with van der Waals surface area (Å²) < 4.78 is 1.64. The Labute approximate surface area is 128 Å². The van der Waals surface area contributed by atoms with Crippen molar-refractivity contribution in [2.75, 3.05) is 0 Å². The summed E-state index contributed by atoms with van der Waals surface area (Å²) in [5.74, 6) is 10.0. The number of halogens is 2. The van der Waals surface area contributed by atoms with Gasteiger partial charge in [0.2, 0.25) is 0 Å². The SMILES string of the molecule is Cl.Cl.[CH3][Cr]([CH3])([CH3])([CH3])([CH2]c1ccccn1)[C]1=CC=CC1. The van der Waals surface area contributed by atoms with E-state index < -0.39 is 10.9 Å². The van der Waals surface area contributed by atoms with Gasteiger partial charge in [-0.05, 0) is 0 Å². The van der Waals surface area contributed by atoms with E-state index in [1.54, 1.807) is 4.44 Å². The summed E-state index contributed by atoms with van der Waals surface area (Å²) in [5.41, 5.74) is 1.23. The zero-order valence-corrected chi connectivity index (χ0v) is 15.0. The Balaban J connectivity index is 0.00000162. The van der Waals surface area contributed by atoms with Crippen molar-refractivity contribution < 1.29 is 10.9 Å². The molecule has 1 aliphatic carbocycles. The summed E-state index contributed by atoms with van der Waals surface area (Å²) in [6.45, 7) is 0. The minimum atomic E-state index is -2.81. The number of allylic oxidation sites excluding steroid dienone is 4. The second-order valence-electron chi connectivity index (χ2n) is 7.30. The molecule has 1 aromatic heterocycles. The first-order valence-corrected chi connectivity index (χ1v) is 12.6. The van der Waals surface area contributed by atoms with E-state index in [1.165, 1.54) is 5.69 Å². The average molecular weight is 342 g/mol. The number of hydrogen-bond acceptors (Lipinski definition) is 1. The van der Waals surface area contributed by atoms with E-state index >= 15 is 0 Å². The normalized spacial score (nSPS) is 17.6. The summed E-state index contributed by atoms with van der Waals surface area (Å²) in [4.78, 5) is 4.52. The van der Waals surface area contributed by atoms with Crippen LogP contribution in [0.25, 0.3) is 0 Å². The van der Waals surface area contributed by atoms with Crippen molar-refractivity contribution in [1.29, 1.82) is 0 Å². The molecule has 2 rings (SSSR count). The van der Waals surface area contributed by atoms with Gasteiger partial charge in [-0.25, -0.2) is 0 Å². The van der Waals surface area contributed by atoms with Gasteiger partial charge in [0.05, 0.1) is 0 Å². The molecule has 0 amide bonds. The van der Waals surface area contributed by atoms with Gasteiger partial charge in [0.1, 0.15) is 0 Å². The molecular formula is C15H25Cl2CrN. The maximum absolute atomic E-state index is 4.52. The van der Waals surface area contributed by atoms with Gasteiger partial charge in [0, 0.05) is 0 Å². The van der Waals surface area contributed by atoms with Crippen molar-refractivity contribution in [3.05, 3.63) is 52.8 Å². The number of rotatable bonds is 3. The Morgan fingerprint density at radius 2 is 1.79 bits per heavy atom. The fourth-order valence-electron chi connectivity index (χ4n) is 2.38. The molecule has 0 aliphatic heterocycles. The van der Waals surface area contributed by atoms with Gasteiger partial charge in [-0.3, -0.25) is 0 Å².